The summed E-state index contributed by atoms with van der Waals surface area (Å²) >= 11 is 0. The van der Waals surface area contributed by atoms with Crippen LogP contribution in [0.2, 0.25) is 0 Å². The van der Waals surface area contributed by atoms with Crippen LogP contribution < -0.4 is 10.1 Å². The van der Waals surface area contributed by atoms with Crippen molar-refractivity contribution in [3.05, 3.63) is 84.2 Å². The highest BCUT2D eigenvalue weighted by Crippen LogP contribution is 2.30. The van der Waals surface area contributed by atoms with Crippen LogP contribution in [0.5, 0.6) is 11.5 Å². The van der Waals surface area contributed by atoms with Crippen molar-refractivity contribution >= 4 is 22.4 Å². The molecule has 144 valence electrons. The fraction of sp³-hybridized carbons (Fsp3) is 0.0833. The van der Waals surface area contributed by atoms with E-state index in [1.54, 1.807) is 12.3 Å². The second kappa shape index (κ2) is 7.64. The molecule has 5 nitrogen and oxygen atoms in total. The second-order valence-corrected chi connectivity index (χ2v) is 6.81. The molecule has 2 N–H and O–H groups in total. The Bertz CT molecular complexity index is 1220. The number of aromatic hydroxyl groups is 1. The zero-order valence-electron chi connectivity index (χ0n) is 16.1. The van der Waals surface area contributed by atoms with Crippen molar-refractivity contribution in [2.24, 2.45) is 0 Å². The summed E-state index contributed by atoms with van der Waals surface area (Å²) in [6, 6.07) is 18.5. The quantitative estimate of drug-likeness (QED) is 0.509. The van der Waals surface area contributed by atoms with Crippen molar-refractivity contribution in [1.29, 1.82) is 0 Å². The number of methoxy groups -OCH3 is 1. The lowest BCUT2D eigenvalue weighted by atomic mass is 9.98. The molecule has 0 aliphatic heterocycles. The maximum atomic E-state index is 12.6. The van der Waals surface area contributed by atoms with Crippen molar-refractivity contribution in [1.82, 2.24) is 4.98 Å². The summed E-state index contributed by atoms with van der Waals surface area (Å²) in [5.41, 5.74) is 4.30. The predicted molar refractivity (Wildman–Crippen MR) is 115 cm³/mol. The fourth-order valence-electron chi connectivity index (χ4n) is 3.29. The van der Waals surface area contributed by atoms with Gasteiger partial charge in [-0.05, 0) is 71.5 Å². The minimum Gasteiger partial charge on any atom is -0.504 e. The van der Waals surface area contributed by atoms with E-state index in [1.807, 2.05) is 37.4 Å². The van der Waals surface area contributed by atoms with Crippen LogP contribution >= 0.6 is 0 Å². The molecule has 0 saturated carbocycles. The van der Waals surface area contributed by atoms with E-state index in [-0.39, 0.29) is 17.4 Å². The zero-order valence-corrected chi connectivity index (χ0v) is 16.1. The van der Waals surface area contributed by atoms with Crippen molar-refractivity contribution in [3.8, 4) is 22.6 Å². The van der Waals surface area contributed by atoms with E-state index in [0.717, 1.165) is 27.5 Å². The van der Waals surface area contributed by atoms with Gasteiger partial charge in [0.2, 0.25) is 0 Å². The largest absolute Gasteiger partial charge is 0.504 e. The number of phenols is 1. The number of hydrogen-bond acceptors (Lipinski definition) is 4. The Hall–Kier alpha value is -3.86. The van der Waals surface area contributed by atoms with E-state index in [0.29, 0.717) is 11.3 Å². The van der Waals surface area contributed by atoms with Gasteiger partial charge in [0.1, 0.15) is 0 Å². The minimum absolute atomic E-state index is 0.00698. The summed E-state index contributed by atoms with van der Waals surface area (Å²) in [6.07, 6.45) is 3.62. The number of carbonyl (C=O) groups is 1. The number of phenolic OH excluding ortho intramolecular Hbond substituents is 1. The highest BCUT2D eigenvalue weighted by molar-refractivity contribution is 6.05. The first-order chi connectivity index (χ1) is 14.0. The first kappa shape index (κ1) is 18.5. The number of fused-ring (bicyclic) bond motifs is 1. The number of nitrogens with one attached hydrogen (secondary N) is 1. The summed E-state index contributed by atoms with van der Waals surface area (Å²) in [6.45, 7) is 2.04. The molecule has 0 unspecified atom stereocenters. The van der Waals surface area contributed by atoms with Crippen LogP contribution in [0, 0.1) is 6.92 Å². The summed E-state index contributed by atoms with van der Waals surface area (Å²) in [4.78, 5) is 16.8. The average Bonchev–Trinajstić information content (AvgIpc) is 2.75. The number of rotatable bonds is 4. The van der Waals surface area contributed by atoms with E-state index in [1.165, 1.54) is 19.2 Å². The van der Waals surface area contributed by atoms with Gasteiger partial charge in [-0.25, -0.2) is 0 Å². The monoisotopic (exact) mass is 384 g/mol. The first-order valence-electron chi connectivity index (χ1n) is 9.18. The molecular formula is C24H20N2O3. The molecule has 29 heavy (non-hydrogen) atoms. The van der Waals surface area contributed by atoms with E-state index in [2.05, 4.69) is 28.5 Å². The molecule has 1 heterocycles. The van der Waals surface area contributed by atoms with Crippen molar-refractivity contribution in [3.63, 3.8) is 0 Å². The minimum atomic E-state index is -0.277. The van der Waals surface area contributed by atoms with Crippen molar-refractivity contribution in [2.45, 2.75) is 6.92 Å². The van der Waals surface area contributed by atoms with Crippen LogP contribution in [-0.4, -0.2) is 23.1 Å². The van der Waals surface area contributed by atoms with E-state index >= 15 is 0 Å². The van der Waals surface area contributed by atoms with Crippen molar-refractivity contribution < 1.29 is 14.6 Å². The third-order valence-electron chi connectivity index (χ3n) is 4.89. The zero-order chi connectivity index (χ0) is 20.4. The van der Waals surface area contributed by atoms with Crippen LogP contribution in [0.25, 0.3) is 21.9 Å². The molecular weight excluding hydrogens is 364 g/mol. The van der Waals surface area contributed by atoms with Crippen LogP contribution in [-0.2, 0) is 0 Å². The van der Waals surface area contributed by atoms with Crippen molar-refractivity contribution in [2.75, 3.05) is 12.4 Å². The number of benzene rings is 3. The number of amides is 1. The number of nitrogens with zero attached hydrogens (tertiary/aromatic N) is 1. The van der Waals surface area contributed by atoms with Gasteiger partial charge >= 0.3 is 0 Å². The topological polar surface area (TPSA) is 71.5 Å². The SMILES string of the molecule is COc1cc(C(=O)Nc2ccc(C)c(-c3ccc4ccncc4c3)c2)ccc1O. The lowest BCUT2D eigenvalue weighted by Gasteiger charge is -2.12. The van der Waals surface area contributed by atoms with Gasteiger partial charge in [-0.2, -0.15) is 0 Å². The van der Waals surface area contributed by atoms with Crippen LogP contribution in [0.4, 0.5) is 5.69 Å². The van der Waals surface area contributed by atoms with Gasteiger partial charge in [-0.3, -0.25) is 9.78 Å². The average molecular weight is 384 g/mol. The Morgan fingerprint density at radius 3 is 2.69 bits per heavy atom. The maximum Gasteiger partial charge on any atom is 0.255 e. The highest BCUT2D eigenvalue weighted by atomic mass is 16.5. The fourth-order valence-corrected chi connectivity index (χ4v) is 3.29. The van der Waals surface area contributed by atoms with Gasteiger partial charge in [0.15, 0.2) is 11.5 Å². The molecule has 4 rings (SSSR count). The Morgan fingerprint density at radius 2 is 1.86 bits per heavy atom. The summed E-state index contributed by atoms with van der Waals surface area (Å²) in [7, 11) is 1.45. The van der Waals surface area contributed by atoms with Gasteiger partial charge in [0, 0.05) is 29.0 Å². The molecule has 0 aliphatic carbocycles. The molecule has 0 spiro atoms. The lowest BCUT2D eigenvalue weighted by molar-refractivity contribution is 0.102. The Kier molecular flexibility index (Phi) is 4.87. The van der Waals surface area contributed by atoms with Gasteiger partial charge in [0.05, 0.1) is 7.11 Å². The Labute approximate surface area is 168 Å². The molecule has 1 aromatic heterocycles. The third kappa shape index (κ3) is 3.75. The summed E-state index contributed by atoms with van der Waals surface area (Å²) in [5, 5.41) is 14.8. The molecule has 0 saturated heterocycles. The normalized spacial score (nSPS) is 10.7. The number of hydrogen-bond donors (Lipinski definition) is 2. The third-order valence-corrected chi connectivity index (χ3v) is 4.89. The van der Waals surface area contributed by atoms with Crippen LogP contribution in [0.3, 0.4) is 0 Å². The lowest BCUT2D eigenvalue weighted by Crippen LogP contribution is -2.12. The molecule has 0 fully saturated rings. The maximum absolute atomic E-state index is 12.6. The van der Waals surface area contributed by atoms with E-state index in [9.17, 15) is 9.90 Å². The molecule has 0 atom stereocenters. The molecule has 0 radical (unpaired) electrons. The predicted octanol–water partition coefficient (Wildman–Crippen LogP) is 5.18. The highest BCUT2D eigenvalue weighted by Gasteiger charge is 2.12. The number of ether oxygens (including phenoxy) is 1. The molecule has 5 heteroatoms. The smallest absolute Gasteiger partial charge is 0.255 e. The van der Waals surface area contributed by atoms with Gasteiger partial charge in [0.25, 0.3) is 5.91 Å². The number of aryl methyl sites for hydroxylation is 1. The number of anilines is 1. The molecule has 4 aromatic rings. The Balaban J connectivity index is 1.65. The van der Waals surface area contributed by atoms with E-state index < -0.39 is 0 Å². The van der Waals surface area contributed by atoms with Crippen LogP contribution in [0.15, 0.2) is 73.1 Å². The number of pyridine rings is 1. The number of aromatic nitrogens is 1. The summed E-state index contributed by atoms with van der Waals surface area (Å²) < 4.78 is 5.08. The van der Waals surface area contributed by atoms with Gasteiger partial charge in [-0.15, -0.1) is 0 Å². The molecule has 0 bridgehead atoms. The summed E-state index contributed by atoms with van der Waals surface area (Å²) in [5.74, 6) is -0.0275. The molecule has 3 aromatic carbocycles. The second-order valence-electron chi connectivity index (χ2n) is 6.81. The first-order valence-corrected chi connectivity index (χ1v) is 9.18. The van der Waals surface area contributed by atoms with Gasteiger partial charge in [-0.1, -0.05) is 18.2 Å². The Morgan fingerprint density at radius 1 is 1.00 bits per heavy atom. The molecule has 1 amide bonds. The van der Waals surface area contributed by atoms with E-state index in [4.69, 9.17) is 4.74 Å². The molecule has 0 aliphatic rings. The van der Waals surface area contributed by atoms with Gasteiger partial charge < -0.3 is 15.2 Å². The van der Waals surface area contributed by atoms with Crippen LogP contribution in [0.1, 0.15) is 15.9 Å². The standard InChI is InChI=1S/C24H20N2O3/c1-15-3-7-20(26-24(28)18-6-8-22(27)23(12-18)29-2)13-21(15)17-5-4-16-9-10-25-14-19(16)11-17/h3-14,27H,1-2H3,(H,26,28). The number of carbonyl (C=O) groups excluding carboxylic acids is 1.